The van der Waals surface area contributed by atoms with Crippen LogP contribution in [0.3, 0.4) is 0 Å². The first-order valence-corrected chi connectivity index (χ1v) is 15.4. The van der Waals surface area contributed by atoms with E-state index in [9.17, 15) is 4.79 Å². The SMILES string of the molecule is C[C@@H]1CCCC[C@H]1N1C(=O)/C(=C/c2ccc(OCc3cccc4ccccc34)c(Br)c2)SC1=Nc1ccccc1. The van der Waals surface area contributed by atoms with Crippen LogP contribution in [-0.2, 0) is 11.4 Å². The number of carbonyl (C=O) groups is 1. The second-order valence-electron chi connectivity index (χ2n) is 10.5. The molecule has 2 atom stereocenters. The van der Waals surface area contributed by atoms with Crippen LogP contribution in [0.4, 0.5) is 5.69 Å². The summed E-state index contributed by atoms with van der Waals surface area (Å²) in [7, 11) is 0. The fraction of sp³-hybridized carbons (Fsp3) is 0.235. The number of carbonyl (C=O) groups excluding carboxylic acids is 1. The normalized spacial score (nSPS) is 21.4. The van der Waals surface area contributed by atoms with Gasteiger partial charge in [0.2, 0.25) is 0 Å². The predicted molar refractivity (Wildman–Crippen MR) is 170 cm³/mol. The van der Waals surface area contributed by atoms with Gasteiger partial charge >= 0.3 is 0 Å². The standard InChI is InChI=1S/C34H31BrN2O2S/c1-23-10-5-8-17-30(23)37-33(38)32(40-34(37)36-27-14-3-2-4-15-27)21-24-18-19-31(29(35)20-24)39-22-26-13-9-12-25-11-6-7-16-28(25)26/h2-4,6-7,9,11-16,18-21,23,30H,5,8,10,17,22H2,1H3/b32-21-,36-34?/t23-,30-/m1/s1. The van der Waals surface area contributed by atoms with Crippen molar-refractivity contribution in [2.24, 2.45) is 10.9 Å². The highest BCUT2D eigenvalue weighted by atomic mass is 79.9. The lowest BCUT2D eigenvalue weighted by atomic mass is 9.85. The van der Waals surface area contributed by atoms with Crippen LogP contribution in [0, 0.1) is 5.92 Å². The first-order valence-electron chi connectivity index (χ1n) is 13.8. The summed E-state index contributed by atoms with van der Waals surface area (Å²) < 4.78 is 7.06. The molecule has 1 saturated heterocycles. The van der Waals surface area contributed by atoms with Gasteiger partial charge in [0.05, 0.1) is 15.1 Å². The number of nitrogens with zero attached hydrogens (tertiary/aromatic N) is 2. The minimum Gasteiger partial charge on any atom is -0.488 e. The van der Waals surface area contributed by atoms with E-state index in [0.29, 0.717) is 17.4 Å². The predicted octanol–water partition coefficient (Wildman–Crippen LogP) is 9.36. The van der Waals surface area contributed by atoms with Crippen LogP contribution in [-0.4, -0.2) is 22.0 Å². The number of amidine groups is 1. The summed E-state index contributed by atoms with van der Waals surface area (Å²) >= 11 is 5.17. The number of para-hydroxylation sites is 1. The van der Waals surface area contributed by atoms with E-state index in [1.807, 2.05) is 59.5 Å². The van der Waals surface area contributed by atoms with Gasteiger partial charge < -0.3 is 4.74 Å². The Morgan fingerprint density at radius 1 is 0.975 bits per heavy atom. The van der Waals surface area contributed by atoms with Crippen LogP contribution in [0.5, 0.6) is 5.75 Å². The largest absolute Gasteiger partial charge is 0.488 e. The van der Waals surface area contributed by atoms with Gasteiger partial charge in [-0.2, -0.15) is 0 Å². The Kier molecular flexibility index (Phi) is 8.08. The lowest BCUT2D eigenvalue weighted by Crippen LogP contribution is -2.44. The molecular weight excluding hydrogens is 580 g/mol. The minimum atomic E-state index is 0.0471. The lowest BCUT2D eigenvalue weighted by Gasteiger charge is -2.35. The number of amides is 1. The van der Waals surface area contributed by atoms with Crippen LogP contribution in [0.2, 0.25) is 0 Å². The summed E-state index contributed by atoms with van der Waals surface area (Å²) in [6, 6.07) is 30.7. The summed E-state index contributed by atoms with van der Waals surface area (Å²) in [5.74, 6) is 1.27. The molecule has 0 bridgehead atoms. The topological polar surface area (TPSA) is 41.9 Å². The van der Waals surface area contributed by atoms with Crippen LogP contribution >= 0.6 is 27.7 Å². The van der Waals surface area contributed by atoms with Crippen molar-refractivity contribution in [2.45, 2.75) is 45.3 Å². The third-order valence-corrected chi connectivity index (χ3v) is 9.34. The highest BCUT2D eigenvalue weighted by molar-refractivity contribution is 9.10. The van der Waals surface area contributed by atoms with E-state index in [4.69, 9.17) is 9.73 Å². The number of halogens is 1. The first kappa shape index (κ1) is 26.9. The molecule has 1 heterocycles. The van der Waals surface area contributed by atoms with Crippen molar-refractivity contribution >= 4 is 61.3 Å². The molecule has 1 amide bonds. The fourth-order valence-electron chi connectivity index (χ4n) is 5.60. The first-order chi connectivity index (χ1) is 19.6. The summed E-state index contributed by atoms with van der Waals surface area (Å²) in [6.45, 7) is 2.74. The maximum atomic E-state index is 13.8. The van der Waals surface area contributed by atoms with Gasteiger partial charge in [-0.25, -0.2) is 4.99 Å². The number of ether oxygens (including phenoxy) is 1. The number of aliphatic imine (C=N–C) groups is 1. The van der Waals surface area contributed by atoms with E-state index in [2.05, 4.69) is 65.3 Å². The Morgan fingerprint density at radius 3 is 2.58 bits per heavy atom. The number of thioether (sulfide) groups is 1. The van der Waals surface area contributed by atoms with Crippen LogP contribution in [0.15, 0.2) is 105 Å². The van der Waals surface area contributed by atoms with Crippen molar-refractivity contribution in [3.05, 3.63) is 112 Å². The van der Waals surface area contributed by atoms with Crippen LogP contribution < -0.4 is 4.74 Å². The highest BCUT2D eigenvalue weighted by Gasteiger charge is 2.41. The molecule has 6 heteroatoms. The van der Waals surface area contributed by atoms with E-state index in [1.54, 1.807) is 0 Å². The quantitative estimate of drug-likeness (QED) is 0.204. The number of fused-ring (bicyclic) bond motifs is 1. The van der Waals surface area contributed by atoms with E-state index < -0.39 is 0 Å². The molecule has 0 unspecified atom stereocenters. The summed E-state index contributed by atoms with van der Waals surface area (Å²) in [6.07, 6.45) is 6.50. The number of rotatable bonds is 6. The molecule has 2 aliphatic rings. The molecule has 1 aliphatic heterocycles. The molecule has 0 aromatic heterocycles. The highest BCUT2D eigenvalue weighted by Crippen LogP contribution is 2.40. The Labute approximate surface area is 248 Å². The number of hydrogen-bond donors (Lipinski definition) is 0. The molecule has 4 aromatic rings. The Hall–Kier alpha value is -3.35. The van der Waals surface area contributed by atoms with E-state index >= 15 is 0 Å². The van der Waals surface area contributed by atoms with E-state index in [1.165, 1.54) is 29.0 Å². The van der Waals surface area contributed by atoms with Gasteiger partial charge in [0.15, 0.2) is 5.17 Å². The molecular formula is C34H31BrN2O2S. The van der Waals surface area contributed by atoms with Crippen LogP contribution in [0.1, 0.15) is 43.7 Å². The fourth-order valence-corrected chi connectivity index (χ4v) is 7.16. The lowest BCUT2D eigenvalue weighted by molar-refractivity contribution is -0.124. The van der Waals surface area contributed by atoms with Crippen molar-refractivity contribution in [1.82, 2.24) is 4.90 Å². The Bertz CT molecular complexity index is 1600. The zero-order valence-electron chi connectivity index (χ0n) is 22.4. The van der Waals surface area contributed by atoms with Gasteiger partial charge in [-0.15, -0.1) is 0 Å². The monoisotopic (exact) mass is 610 g/mol. The Morgan fingerprint density at radius 2 is 1.75 bits per heavy atom. The average molecular weight is 612 g/mol. The number of benzene rings is 4. The van der Waals surface area contributed by atoms with E-state index in [0.717, 1.165) is 51.5 Å². The molecule has 0 spiro atoms. The molecule has 40 heavy (non-hydrogen) atoms. The second kappa shape index (κ2) is 12.0. The Balaban J connectivity index is 1.24. The van der Waals surface area contributed by atoms with Gasteiger partial charge in [0.1, 0.15) is 12.4 Å². The summed E-state index contributed by atoms with van der Waals surface area (Å²) in [5.41, 5.74) is 2.95. The van der Waals surface area contributed by atoms with Crippen molar-refractivity contribution < 1.29 is 9.53 Å². The van der Waals surface area contributed by atoms with Gasteiger partial charge in [0, 0.05) is 6.04 Å². The van der Waals surface area contributed by atoms with Crippen molar-refractivity contribution in [2.75, 3.05) is 0 Å². The second-order valence-corrected chi connectivity index (χ2v) is 12.3. The van der Waals surface area contributed by atoms with E-state index in [-0.39, 0.29) is 11.9 Å². The molecule has 1 saturated carbocycles. The average Bonchev–Trinajstić information content (AvgIpc) is 3.27. The maximum absolute atomic E-state index is 13.8. The maximum Gasteiger partial charge on any atom is 0.267 e. The van der Waals surface area contributed by atoms with Crippen molar-refractivity contribution in [1.29, 1.82) is 0 Å². The number of hydrogen-bond acceptors (Lipinski definition) is 4. The minimum absolute atomic E-state index is 0.0471. The molecule has 2 fully saturated rings. The molecule has 6 rings (SSSR count). The third-order valence-electron chi connectivity index (χ3n) is 7.73. The van der Waals surface area contributed by atoms with Crippen LogP contribution in [0.25, 0.3) is 16.8 Å². The van der Waals surface area contributed by atoms with Crippen molar-refractivity contribution in [3.8, 4) is 5.75 Å². The van der Waals surface area contributed by atoms with Crippen molar-refractivity contribution in [3.63, 3.8) is 0 Å². The molecule has 4 aromatic carbocycles. The molecule has 1 aliphatic carbocycles. The molecule has 0 N–H and O–H groups in total. The summed E-state index contributed by atoms with van der Waals surface area (Å²) in [4.78, 5) is 21.4. The smallest absolute Gasteiger partial charge is 0.267 e. The third kappa shape index (κ3) is 5.74. The summed E-state index contributed by atoms with van der Waals surface area (Å²) in [5, 5.41) is 3.18. The van der Waals surface area contributed by atoms with Gasteiger partial charge in [-0.3, -0.25) is 9.69 Å². The van der Waals surface area contributed by atoms with Gasteiger partial charge in [-0.1, -0.05) is 86.5 Å². The molecule has 4 nitrogen and oxygen atoms in total. The zero-order valence-corrected chi connectivity index (χ0v) is 24.8. The van der Waals surface area contributed by atoms with Gasteiger partial charge in [-0.05, 0) is 98.7 Å². The molecule has 202 valence electrons. The zero-order chi connectivity index (χ0) is 27.5. The van der Waals surface area contributed by atoms with Gasteiger partial charge in [0.25, 0.3) is 5.91 Å². The molecule has 0 radical (unpaired) electrons.